The summed E-state index contributed by atoms with van der Waals surface area (Å²) in [6, 6.07) is 4.54. The molecule has 0 radical (unpaired) electrons. The van der Waals surface area contributed by atoms with Crippen molar-refractivity contribution in [1.82, 2.24) is 20.4 Å². The summed E-state index contributed by atoms with van der Waals surface area (Å²) in [5.74, 6) is -0.416. The quantitative estimate of drug-likeness (QED) is 0.730. The van der Waals surface area contributed by atoms with Crippen molar-refractivity contribution in [2.75, 3.05) is 0 Å². The molecule has 1 aromatic carbocycles. The first-order valence-corrected chi connectivity index (χ1v) is 7.77. The molecule has 4 nitrogen and oxygen atoms in total. The molecule has 0 spiro atoms. The first-order chi connectivity index (χ1) is 11.6. The SMILES string of the molecule is C/C(=C1/Cc2cn[nH]c2-c2cn[nH]c21)c1c(F)cccc1C(C)F. The molecule has 2 aromatic heterocycles. The summed E-state index contributed by atoms with van der Waals surface area (Å²) < 4.78 is 28.5. The number of benzene rings is 1. The molecule has 2 heterocycles. The van der Waals surface area contributed by atoms with Crippen molar-refractivity contribution in [3.8, 4) is 11.3 Å². The Kier molecular flexibility index (Phi) is 3.33. The van der Waals surface area contributed by atoms with E-state index in [0.29, 0.717) is 23.1 Å². The molecular weight excluding hydrogens is 310 g/mol. The van der Waals surface area contributed by atoms with Gasteiger partial charge < -0.3 is 0 Å². The van der Waals surface area contributed by atoms with Gasteiger partial charge in [-0.2, -0.15) is 10.2 Å². The lowest BCUT2D eigenvalue weighted by molar-refractivity contribution is 0.372. The molecule has 3 aromatic rings. The zero-order valence-corrected chi connectivity index (χ0v) is 13.3. The number of nitrogens with zero attached hydrogens (tertiary/aromatic N) is 2. The van der Waals surface area contributed by atoms with Crippen molar-refractivity contribution in [3.05, 3.63) is 58.8 Å². The fraction of sp³-hybridized carbons (Fsp3) is 0.222. The third-order valence-electron chi connectivity index (χ3n) is 4.60. The Balaban J connectivity index is 1.97. The number of nitrogens with one attached hydrogen (secondary N) is 2. The Morgan fingerprint density at radius 2 is 1.92 bits per heavy atom. The van der Waals surface area contributed by atoms with E-state index in [9.17, 15) is 8.78 Å². The van der Waals surface area contributed by atoms with E-state index in [4.69, 9.17) is 0 Å². The molecule has 122 valence electrons. The van der Waals surface area contributed by atoms with Crippen LogP contribution in [0.3, 0.4) is 0 Å². The second-order valence-corrected chi connectivity index (χ2v) is 6.03. The molecule has 0 saturated carbocycles. The molecule has 0 aliphatic heterocycles. The maximum absolute atomic E-state index is 14.5. The number of alkyl halides is 1. The van der Waals surface area contributed by atoms with E-state index in [2.05, 4.69) is 20.4 Å². The van der Waals surface area contributed by atoms with Gasteiger partial charge in [-0.15, -0.1) is 0 Å². The van der Waals surface area contributed by atoms with Gasteiger partial charge in [0, 0.05) is 23.1 Å². The van der Waals surface area contributed by atoms with Crippen molar-refractivity contribution in [1.29, 1.82) is 0 Å². The first-order valence-electron chi connectivity index (χ1n) is 7.77. The van der Waals surface area contributed by atoms with Gasteiger partial charge in [0.25, 0.3) is 0 Å². The minimum Gasteiger partial charge on any atom is -0.277 e. The topological polar surface area (TPSA) is 57.4 Å². The van der Waals surface area contributed by atoms with E-state index >= 15 is 0 Å². The van der Waals surface area contributed by atoms with E-state index in [1.807, 2.05) is 6.92 Å². The normalized spacial score (nSPS) is 16.5. The van der Waals surface area contributed by atoms with Gasteiger partial charge in [0.15, 0.2) is 0 Å². The zero-order chi connectivity index (χ0) is 16.8. The van der Waals surface area contributed by atoms with Crippen LogP contribution in [0, 0.1) is 5.82 Å². The largest absolute Gasteiger partial charge is 0.277 e. The van der Waals surface area contributed by atoms with Gasteiger partial charge in [0.2, 0.25) is 0 Å². The Morgan fingerprint density at radius 1 is 1.17 bits per heavy atom. The molecule has 0 amide bonds. The predicted octanol–water partition coefficient (Wildman–Crippen LogP) is 4.46. The molecular formula is C18H16F2N4. The molecule has 0 bridgehead atoms. The summed E-state index contributed by atoms with van der Waals surface area (Å²) in [5, 5.41) is 14.2. The van der Waals surface area contributed by atoms with Crippen molar-refractivity contribution in [2.24, 2.45) is 0 Å². The summed E-state index contributed by atoms with van der Waals surface area (Å²) in [6.45, 7) is 3.25. The van der Waals surface area contributed by atoms with Crippen LogP contribution in [0.1, 0.15) is 42.4 Å². The van der Waals surface area contributed by atoms with Crippen LogP contribution >= 0.6 is 0 Å². The van der Waals surface area contributed by atoms with Gasteiger partial charge in [-0.1, -0.05) is 12.1 Å². The molecule has 0 fully saturated rings. The molecule has 24 heavy (non-hydrogen) atoms. The number of fused-ring (bicyclic) bond motifs is 3. The molecule has 6 heteroatoms. The highest BCUT2D eigenvalue weighted by molar-refractivity contribution is 5.97. The van der Waals surface area contributed by atoms with E-state index < -0.39 is 12.0 Å². The maximum atomic E-state index is 14.5. The van der Waals surface area contributed by atoms with Crippen LogP contribution in [0.5, 0.6) is 0 Å². The van der Waals surface area contributed by atoms with Crippen LogP contribution in [-0.2, 0) is 6.42 Å². The number of halogens is 2. The lowest BCUT2D eigenvalue weighted by Crippen LogP contribution is -2.05. The average molecular weight is 326 g/mol. The lowest BCUT2D eigenvalue weighted by Gasteiger charge is -2.20. The Morgan fingerprint density at radius 3 is 2.71 bits per heavy atom. The molecule has 0 saturated heterocycles. The van der Waals surface area contributed by atoms with Crippen molar-refractivity contribution in [3.63, 3.8) is 0 Å². The highest BCUT2D eigenvalue weighted by Crippen LogP contribution is 2.41. The number of hydrogen-bond acceptors (Lipinski definition) is 2. The minimum atomic E-state index is -1.25. The van der Waals surface area contributed by atoms with Gasteiger partial charge in [-0.25, -0.2) is 8.78 Å². The number of hydrogen-bond donors (Lipinski definition) is 2. The first kappa shape index (κ1) is 14.8. The van der Waals surface area contributed by atoms with Crippen molar-refractivity contribution < 1.29 is 8.78 Å². The van der Waals surface area contributed by atoms with Crippen LogP contribution in [0.4, 0.5) is 8.78 Å². The highest BCUT2D eigenvalue weighted by atomic mass is 19.1. The van der Waals surface area contributed by atoms with Crippen LogP contribution in [0.15, 0.2) is 30.6 Å². The fourth-order valence-electron chi connectivity index (χ4n) is 3.40. The maximum Gasteiger partial charge on any atom is 0.131 e. The molecule has 2 N–H and O–H groups in total. The number of rotatable bonds is 2. The molecule has 1 aliphatic rings. The third-order valence-corrected chi connectivity index (χ3v) is 4.60. The van der Waals surface area contributed by atoms with E-state index in [1.165, 1.54) is 13.0 Å². The standard InChI is InChI=1S/C18H16F2N4/c1-9(16-12(10(2)19)4-3-5-15(16)20)13-6-11-7-21-23-17(11)14-8-22-24-18(13)14/h3-5,7-8,10H,6H2,1-2H3,(H,21,23)(H,22,24)/b13-9+. The van der Waals surface area contributed by atoms with Gasteiger partial charge >= 0.3 is 0 Å². The van der Waals surface area contributed by atoms with E-state index in [0.717, 1.165) is 28.1 Å². The zero-order valence-electron chi connectivity index (χ0n) is 13.3. The molecule has 4 rings (SSSR count). The number of allylic oxidation sites excluding steroid dienone is 2. The summed E-state index contributed by atoms with van der Waals surface area (Å²) in [4.78, 5) is 0. The summed E-state index contributed by atoms with van der Waals surface area (Å²) in [7, 11) is 0. The van der Waals surface area contributed by atoms with Gasteiger partial charge in [-0.3, -0.25) is 10.2 Å². The van der Waals surface area contributed by atoms with Gasteiger partial charge in [0.05, 0.1) is 23.8 Å². The molecule has 1 aliphatic carbocycles. The Bertz CT molecular complexity index is 950. The van der Waals surface area contributed by atoms with Crippen molar-refractivity contribution in [2.45, 2.75) is 26.4 Å². The second kappa shape index (κ2) is 5.40. The van der Waals surface area contributed by atoms with Gasteiger partial charge in [-0.05, 0) is 36.6 Å². The van der Waals surface area contributed by atoms with Crippen LogP contribution in [-0.4, -0.2) is 20.4 Å². The summed E-state index contributed by atoms with van der Waals surface area (Å²) in [5.41, 5.74) is 5.97. The van der Waals surface area contributed by atoms with E-state index in [-0.39, 0.29) is 0 Å². The van der Waals surface area contributed by atoms with Crippen LogP contribution in [0.2, 0.25) is 0 Å². The van der Waals surface area contributed by atoms with Crippen molar-refractivity contribution >= 4 is 11.1 Å². The lowest BCUT2D eigenvalue weighted by atomic mass is 9.85. The van der Waals surface area contributed by atoms with E-state index in [1.54, 1.807) is 24.5 Å². The third kappa shape index (κ3) is 2.10. The number of aromatic nitrogens is 4. The monoisotopic (exact) mass is 326 g/mol. The average Bonchev–Trinajstić information content (AvgIpc) is 3.21. The van der Waals surface area contributed by atoms with Crippen LogP contribution in [0.25, 0.3) is 22.4 Å². The number of aromatic amines is 2. The fourth-order valence-corrected chi connectivity index (χ4v) is 3.40. The Labute approximate surface area is 137 Å². The summed E-state index contributed by atoms with van der Waals surface area (Å²) in [6.07, 6.45) is 2.82. The number of H-pyrrole nitrogens is 2. The molecule has 1 unspecified atom stereocenters. The van der Waals surface area contributed by atoms with Gasteiger partial charge in [0.1, 0.15) is 12.0 Å². The molecule has 1 atom stereocenters. The predicted molar refractivity (Wildman–Crippen MR) is 88.3 cm³/mol. The smallest absolute Gasteiger partial charge is 0.131 e. The van der Waals surface area contributed by atoms with Crippen LogP contribution < -0.4 is 0 Å². The second-order valence-electron chi connectivity index (χ2n) is 6.03. The highest BCUT2D eigenvalue weighted by Gasteiger charge is 2.27. The summed E-state index contributed by atoms with van der Waals surface area (Å²) >= 11 is 0. The minimum absolute atomic E-state index is 0.329. The Hall–Kier alpha value is -2.76.